The quantitative estimate of drug-likeness (QED) is 0.461. The number of rotatable bonds is 10. The van der Waals surface area contributed by atoms with Crippen LogP contribution in [0.4, 0.5) is 0 Å². The molecule has 0 spiro atoms. The highest BCUT2D eigenvalue weighted by atomic mass is 31.2. The third-order valence-electron chi connectivity index (χ3n) is 2.79. The van der Waals surface area contributed by atoms with E-state index in [1.165, 1.54) is 5.56 Å². The molecular formula is C16H25O4P. The maximum absolute atomic E-state index is 12.1. The summed E-state index contributed by atoms with van der Waals surface area (Å²) in [4.78, 5) is 0. The van der Waals surface area contributed by atoms with E-state index in [0.29, 0.717) is 13.2 Å². The predicted octanol–water partition coefficient (Wildman–Crippen LogP) is 4.76. The lowest BCUT2D eigenvalue weighted by Crippen LogP contribution is -2.02. The lowest BCUT2D eigenvalue weighted by Gasteiger charge is -2.16. The van der Waals surface area contributed by atoms with E-state index in [-0.39, 0.29) is 6.61 Å². The Morgan fingerprint density at radius 1 is 1.10 bits per heavy atom. The van der Waals surface area contributed by atoms with Crippen LogP contribution in [0.1, 0.15) is 32.8 Å². The molecule has 0 radical (unpaired) electrons. The lowest BCUT2D eigenvalue weighted by atomic mass is 10.1. The van der Waals surface area contributed by atoms with E-state index < -0.39 is 7.82 Å². The summed E-state index contributed by atoms with van der Waals surface area (Å²) in [6.07, 6.45) is 3.99. The van der Waals surface area contributed by atoms with Gasteiger partial charge in [-0.3, -0.25) is 13.6 Å². The van der Waals surface area contributed by atoms with Crippen LogP contribution < -0.4 is 0 Å². The second kappa shape index (κ2) is 9.91. The van der Waals surface area contributed by atoms with Gasteiger partial charge in [-0.15, -0.1) is 0 Å². The molecule has 1 rings (SSSR count). The fourth-order valence-corrected chi connectivity index (χ4v) is 3.02. The number of phosphoric acid groups is 1. The Morgan fingerprint density at radius 3 is 2.29 bits per heavy atom. The van der Waals surface area contributed by atoms with Crippen LogP contribution in [0.25, 0.3) is 0 Å². The van der Waals surface area contributed by atoms with Crippen molar-refractivity contribution in [1.29, 1.82) is 0 Å². The van der Waals surface area contributed by atoms with Crippen LogP contribution in [0.2, 0.25) is 0 Å². The topological polar surface area (TPSA) is 44.8 Å². The molecule has 0 atom stereocenters. The minimum absolute atomic E-state index is 0.256. The van der Waals surface area contributed by atoms with Crippen molar-refractivity contribution in [3.63, 3.8) is 0 Å². The van der Waals surface area contributed by atoms with Gasteiger partial charge in [-0.2, -0.15) is 0 Å². The van der Waals surface area contributed by atoms with Crippen molar-refractivity contribution >= 4 is 7.82 Å². The molecule has 0 saturated carbocycles. The molecule has 0 N–H and O–H groups in total. The third-order valence-corrected chi connectivity index (χ3v) is 4.39. The third kappa shape index (κ3) is 7.58. The summed E-state index contributed by atoms with van der Waals surface area (Å²) in [6, 6.07) is 10.3. The number of hydrogen-bond acceptors (Lipinski definition) is 4. The summed E-state index contributed by atoms with van der Waals surface area (Å²) in [6.45, 7) is 6.33. The maximum Gasteiger partial charge on any atom is 0.475 e. The van der Waals surface area contributed by atoms with E-state index in [4.69, 9.17) is 13.6 Å². The SMILES string of the molecule is CCOP(=O)(OCC)OC/C(C)=C/CCc1ccccc1. The number of aryl methyl sites for hydroxylation is 1. The van der Waals surface area contributed by atoms with Crippen molar-refractivity contribution in [2.75, 3.05) is 19.8 Å². The molecule has 4 nitrogen and oxygen atoms in total. The van der Waals surface area contributed by atoms with E-state index in [9.17, 15) is 4.57 Å². The zero-order valence-corrected chi connectivity index (χ0v) is 14.0. The number of hydrogen-bond donors (Lipinski definition) is 0. The van der Waals surface area contributed by atoms with E-state index >= 15 is 0 Å². The molecular weight excluding hydrogens is 287 g/mol. The molecule has 1 aromatic carbocycles. The number of benzene rings is 1. The maximum atomic E-state index is 12.1. The van der Waals surface area contributed by atoms with Gasteiger partial charge >= 0.3 is 7.82 Å². The Hall–Kier alpha value is -0.930. The van der Waals surface area contributed by atoms with Gasteiger partial charge in [0.15, 0.2) is 0 Å². The Bertz CT molecular complexity index is 460. The first-order valence-electron chi connectivity index (χ1n) is 7.33. The summed E-state index contributed by atoms with van der Waals surface area (Å²) in [7, 11) is -3.40. The molecule has 0 saturated heterocycles. The summed E-state index contributed by atoms with van der Waals surface area (Å²) in [5.41, 5.74) is 2.32. The Kier molecular flexibility index (Phi) is 8.55. The summed E-state index contributed by atoms with van der Waals surface area (Å²) >= 11 is 0. The molecule has 21 heavy (non-hydrogen) atoms. The molecule has 0 aliphatic carbocycles. The first kappa shape index (κ1) is 18.1. The van der Waals surface area contributed by atoms with Gasteiger partial charge in [0, 0.05) is 0 Å². The van der Waals surface area contributed by atoms with Crippen molar-refractivity contribution in [2.45, 2.75) is 33.6 Å². The fraction of sp³-hybridized carbons (Fsp3) is 0.500. The standard InChI is InChI=1S/C16H25O4P/c1-4-18-21(17,19-5-2)20-14-15(3)10-9-13-16-11-7-6-8-12-16/h6-8,10-12H,4-5,9,13-14H2,1-3H3/b15-10+. The first-order chi connectivity index (χ1) is 10.1. The van der Waals surface area contributed by atoms with Crippen LogP contribution in [-0.2, 0) is 24.6 Å². The average molecular weight is 312 g/mol. The number of phosphoric ester groups is 1. The van der Waals surface area contributed by atoms with Gasteiger partial charge in [-0.1, -0.05) is 42.0 Å². The van der Waals surface area contributed by atoms with E-state index in [1.807, 2.05) is 25.1 Å². The second-order valence-electron chi connectivity index (χ2n) is 4.63. The van der Waals surface area contributed by atoms with Crippen molar-refractivity contribution in [3.8, 4) is 0 Å². The van der Waals surface area contributed by atoms with Crippen LogP contribution in [0.5, 0.6) is 0 Å². The molecule has 0 unspecified atom stereocenters. The van der Waals surface area contributed by atoms with Gasteiger partial charge in [0.2, 0.25) is 0 Å². The first-order valence-corrected chi connectivity index (χ1v) is 8.79. The Balaban J connectivity index is 2.39. The van der Waals surface area contributed by atoms with Crippen LogP contribution >= 0.6 is 7.82 Å². The smallest absolute Gasteiger partial charge is 0.287 e. The Labute approximate surface area is 127 Å². The van der Waals surface area contributed by atoms with Crippen molar-refractivity contribution < 1.29 is 18.1 Å². The molecule has 0 amide bonds. The fourth-order valence-electron chi connectivity index (χ4n) is 1.80. The molecule has 0 aliphatic rings. The van der Waals surface area contributed by atoms with Gasteiger partial charge in [0.05, 0.1) is 19.8 Å². The molecule has 5 heteroatoms. The zero-order valence-electron chi connectivity index (χ0n) is 13.1. The summed E-state index contributed by atoms with van der Waals surface area (Å²) in [5, 5.41) is 0. The molecule has 118 valence electrons. The molecule has 0 aliphatic heterocycles. The van der Waals surface area contributed by atoms with Crippen molar-refractivity contribution in [2.24, 2.45) is 0 Å². The molecule has 0 heterocycles. The Morgan fingerprint density at radius 2 is 1.71 bits per heavy atom. The zero-order chi connectivity index (χ0) is 15.6. The highest BCUT2D eigenvalue weighted by Gasteiger charge is 2.24. The minimum atomic E-state index is -3.40. The number of allylic oxidation sites excluding steroid dienone is 1. The minimum Gasteiger partial charge on any atom is -0.287 e. The molecule has 1 aromatic rings. The van der Waals surface area contributed by atoms with Gasteiger partial charge in [0.25, 0.3) is 0 Å². The van der Waals surface area contributed by atoms with Crippen molar-refractivity contribution in [1.82, 2.24) is 0 Å². The van der Waals surface area contributed by atoms with Crippen molar-refractivity contribution in [3.05, 3.63) is 47.5 Å². The van der Waals surface area contributed by atoms with Gasteiger partial charge in [-0.05, 0) is 39.2 Å². The highest BCUT2D eigenvalue weighted by Crippen LogP contribution is 2.49. The van der Waals surface area contributed by atoms with E-state index in [1.54, 1.807) is 13.8 Å². The predicted molar refractivity (Wildman–Crippen MR) is 85.3 cm³/mol. The second-order valence-corrected chi connectivity index (χ2v) is 6.30. The molecule has 0 fully saturated rings. The highest BCUT2D eigenvalue weighted by molar-refractivity contribution is 7.48. The van der Waals surface area contributed by atoms with Crippen LogP contribution in [0.15, 0.2) is 42.0 Å². The van der Waals surface area contributed by atoms with Crippen LogP contribution in [-0.4, -0.2) is 19.8 Å². The van der Waals surface area contributed by atoms with E-state index in [2.05, 4.69) is 18.2 Å². The van der Waals surface area contributed by atoms with E-state index in [0.717, 1.165) is 18.4 Å². The average Bonchev–Trinajstić information content (AvgIpc) is 2.47. The summed E-state index contributed by atoms with van der Waals surface area (Å²) in [5.74, 6) is 0. The van der Waals surface area contributed by atoms with Gasteiger partial charge in [-0.25, -0.2) is 4.57 Å². The normalized spacial score (nSPS) is 12.6. The van der Waals surface area contributed by atoms with Crippen LogP contribution in [0.3, 0.4) is 0 Å². The lowest BCUT2D eigenvalue weighted by molar-refractivity contribution is 0.129. The van der Waals surface area contributed by atoms with Gasteiger partial charge in [0.1, 0.15) is 0 Å². The monoisotopic (exact) mass is 312 g/mol. The van der Waals surface area contributed by atoms with Crippen LogP contribution in [0, 0.1) is 0 Å². The molecule has 0 aromatic heterocycles. The summed E-state index contributed by atoms with van der Waals surface area (Å²) < 4.78 is 27.6. The van der Waals surface area contributed by atoms with Gasteiger partial charge < -0.3 is 0 Å². The molecule has 0 bridgehead atoms. The largest absolute Gasteiger partial charge is 0.475 e.